The lowest BCUT2D eigenvalue weighted by atomic mass is 10.1. The molecule has 0 radical (unpaired) electrons. The van der Waals surface area contributed by atoms with Crippen LogP contribution >= 0.6 is 0 Å². The predicted molar refractivity (Wildman–Crippen MR) is 83.9 cm³/mol. The van der Waals surface area contributed by atoms with Crippen LogP contribution < -0.4 is 5.32 Å². The summed E-state index contributed by atoms with van der Waals surface area (Å²) < 4.78 is 0. The van der Waals surface area contributed by atoms with Crippen molar-refractivity contribution in [2.75, 3.05) is 12.4 Å². The van der Waals surface area contributed by atoms with Crippen LogP contribution in [0.3, 0.4) is 0 Å². The fraction of sp³-hybridized carbons (Fsp3) is 0.0625. The summed E-state index contributed by atoms with van der Waals surface area (Å²) in [5.74, 6) is -1.53. The van der Waals surface area contributed by atoms with E-state index in [1.807, 2.05) is 0 Å². The van der Waals surface area contributed by atoms with Crippen molar-refractivity contribution in [2.24, 2.45) is 0 Å². The first-order chi connectivity index (χ1) is 11.4. The summed E-state index contributed by atoms with van der Waals surface area (Å²) in [6.45, 7) is 0. The Morgan fingerprint density at radius 1 is 1.08 bits per heavy atom. The topological polar surface area (TPSA) is 110 Å². The highest BCUT2D eigenvalue weighted by Crippen LogP contribution is 2.26. The van der Waals surface area contributed by atoms with Gasteiger partial charge in [-0.05, 0) is 24.3 Å². The highest BCUT2D eigenvalue weighted by atomic mass is 16.6. The molecule has 8 heteroatoms. The molecular weight excluding hydrogens is 314 g/mol. The van der Waals surface area contributed by atoms with Crippen LogP contribution in [-0.2, 0) is 0 Å². The van der Waals surface area contributed by atoms with Crippen molar-refractivity contribution in [2.45, 2.75) is 0 Å². The second-order valence-electron chi connectivity index (χ2n) is 5.16. The molecule has 8 nitrogen and oxygen atoms in total. The Kier molecular flexibility index (Phi) is 3.57. The standard InChI is InChI=1S/C16H11N3O5/c1-18-15(21)10-7-6-9(8-11(10)16(18)22)14(20)17-12-4-2-3-5-13(12)19(23)24/h2-8H,1H3,(H,17,20). The van der Waals surface area contributed by atoms with E-state index in [2.05, 4.69) is 5.32 Å². The number of hydrogen-bond donors (Lipinski definition) is 1. The number of carbonyl (C=O) groups excluding carboxylic acids is 3. The van der Waals surface area contributed by atoms with Crippen LogP contribution in [0.4, 0.5) is 11.4 Å². The second kappa shape index (κ2) is 5.58. The first kappa shape index (κ1) is 15.3. The minimum atomic E-state index is -0.609. The number of benzene rings is 2. The van der Waals surface area contributed by atoms with Crippen LogP contribution in [0, 0.1) is 10.1 Å². The van der Waals surface area contributed by atoms with Crippen molar-refractivity contribution in [3.8, 4) is 0 Å². The molecule has 1 aliphatic rings. The van der Waals surface area contributed by atoms with Gasteiger partial charge >= 0.3 is 0 Å². The summed E-state index contributed by atoms with van der Waals surface area (Å²) in [6, 6.07) is 9.83. The molecular formula is C16H11N3O5. The van der Waals surface area contributed by atoms with Crippen LogP contribution in [0.25, 0.3) is 0 Å². The number of nitrogens with zero attached hydrogens (tertiary/aromatic N) is 2. The summed E-state index contributed by atoms with van der Waals surface area (Å²) in [7, 11) is 1.36. The Balaban J connectivity index is 1.92. The number of carbonyl (C=O) groups is 3. The first-order valence-electron chi connectivity index (χ1n) is 6.91. The zero-order chi connectivity index (χ0) is 17.4. The van der Waals surface area contributed by atoms with Crippen LogP contribution in [0.5, 0.6) is 0 Å². The molecule has 1 heterocycles. The maximum absolute atomic E-state index is 12.3. The van der Waals surface area contributed by atoms with Crippen molar-refractivity contribution >= 4 is 29.1 Å². The van der Waals surface area contributed by atoms with Gasteiger partial charge < -0.3 is 5.32 Å². The monoisotopic (exact) mass is 325 g/mol. The Hall–Kier alpha value is -3.55. The first-order valence-corrected chi connectivity index (χ1v) is 6.91. The number of hydrogen-bond acceptors (Lipinski definition) is 5. The van der Waals surface area contributed by atoms with Crippen molar-refractivity contribution in [3.05, 3.63) is 69.3 Å². The number of nitro groups is 1. The molecule has 0 unspecified atom stereocenters. The van der Waals surface area contributed by atoms with Crippen LogP contribution in [0.1, 0.15) is 31.1 Å². The zero-order valence-corrected chi connectivity index (χ0v) is 12.5. The van der Waals surface area contributed by atoms with E-state index in [9.17, 15) is 24.5 Å². The van der Waals surface area contributed by atoms with Gasteiger partial charge in [0.05, 0.1) is 16.1 Å². The Labute approximate surface area is 135 Å². The molecule has 0 bridgehead atoms. The molecule has 2 aromatic carbocycles. The summed E-state index contributed by atoms with van der Waals surface area (Å²) in [6.07, 6.45) is 0. The third kappa shape index (κ3) is 2.39. The molecule has 1 N–H and O–H groups in total. The average Bonchev–Trinajstić information content (AvgIpc) is 2.79. The van der Waals surface area contributed by atoms with Crippen molar-refractivity contribution in [1.82, 2.24) is 4.90 Å². The van der Waals surface area contributed by atoms with Gasteiger partial charge in [0.15, 0.2) is 0 Å². The Morgan fingerprint density at radius 2 is 1.75 bits per heavy atom. The molecule has 0 saturated heterocycles. The zero-order valence-electron chi connectivity index (χ0n) is 12.5. The van der Waals surface area contributed by atoms with Crippen molar-refractivity contribution < 1.29 is 19.3 Å². The quantitative estimate of drug-likeness (QED) is 0.528. The van der Waals surface area contributed by atoms with Gasteiger partial charge in [0.2, 0.25) is 0 Å². The second-order valence-corrected chi connectivity index (χ2v) is 5.16. The minimum absolute atomic E-state index is 0.0486. The molecule has 3 rings (SSSR count). The summed E-state index contributed by atoms with van der Waals surface area (Å²) in [4.78, 5) is 47.5. The van der Waals surface area contributed by atoms with Gasteiger partial charge in [-0.25, -0.2) is 0 Å². The lowest BCUT2D eigenvalue weighted by molar-refractivity contribution is -0.383. The molecule has 3 amide bonds. The van der Waals surface area contributed by atoms with Crippen LogP contribution in [-0.4, -0.2) is 34.6 Å². The summed E-state index contributed by atoms with van der Waals surface area (Å²) >= 11 is 0. The van der Waals surface area contributed by atoms with Crippen molar-refractivity contribution in [3.63, 3.8) is 0 Å². The number of imide groups is 1. The van der Waals surface area contributed by atoms with Gasteiger partial charge in [-0.1, -0.05) is 12.1 Å². The van der Waals surface area contributed by atoms with Gasteiger partial charge in [0, 0.05) is 18.7 Å². The molecule has 0 spiro atoms. The SMILES string of the molecule is CN1C(=O)c2ccc(C(=O)Nc3ccccc3[N+](=O)[O-])cc2C1=O. The molecule has 2 aromatic rings. The van der Waals surface area contributed by atoms with Gasteiger partial charge in [-0.3, -0.25) is 29.4 Å². The van der Waals surface area contributed by atoms with E-state index in [4.69, 9.17) is 0 Å². The molecule has 0 saturated carbocycles. The predicted octanol–water partition coefficient (Wildman–Crippen LogP) is 2.07. The maximum atomic E-state index is 12.3. The number of nitrogens with one attached hydrogen (secondary N) is 1. The van der Waals surface area contributed by atoms with Gasteiger partial charge in [-0.2, -0.15) is 0 Å². The van der Waals surface area contributed by atoms with E-state index in [1.54, 1.807) is 6.07 Å². The van der Waals surface area contributed by atoms with E-state index >= 15 is 0 Å². The molecule has 0 aromatic heterocycles. The summed E-state index contributed by atoms with van der Waals surface area (Å²) in [5.41, 5.74) is 0.302. The summed E-state index contributed by atoms with van der Waals surface area (Å²) in [5, 5.41) is 13.4. The third-order valence-electron chi connectivity index (χ3n) is 3.70. The minimum Gasteiger partial charge on any atom is -0.316 e. The number of nitro benzene ring substituents is 1. The van der Waals surface area contributed by atoms with E-state index in [-0.39, 0.29) is 28.1 Å². The number of rotatable bonds is 3. The van der Waals surface area contributed by atoms with E-state index in [0.29, 0.717) is 0 Å². The fourth-order valence-corrected chi connectivity index (χ4v) is 2.44. The molecule has 24 heavy (non-hydrogen) atoms. The normalized spacial score (nSPS) is 13.0. The lowest BCUT2D eigenvalue weighted by Crippen LogP contribution is -2.24. The lowest BCUT2D eigenvalue weighted by Gasteiger charge is -2.06. The highest BCUT2D eigenvalue weighted by molar-refractivity contribution is 6.22. The van der Waals surface area contributed by atoms with E-state index in [1.165, 1.54) is 43.4 Å². The molecule has 0 fully saturated rings. The number of anilines is 1. The maximum Gasteiger partial charge on any atom is 0.292 e. The fourth-order valence-electron chi connectivity index (χ4n) is 2.44. The van der Waals surface area contributed by atoms with Gasteiger partial charge in [0.25, 0.3) is 23.4 Å². The number of para-hydroxylation sites is 2. The Morgan fingerprint density at radius 3 is 2.46 bits per heavy atom. The molecule has 0 atom stereocenters. The number of fused-ring (bicyclic) bond motifs is 1. The third-order valence-corrected chi connectivity index (χ3v) is 3.70. The van der Waals surface area contributed by atoms with Gasteiger partial charge in [-0.15, -0.1) is 0 Å². The van der Waals surface area contributed by atoms with E-state index < -0.39 is 22.6 Å². The highest BCUT2D eigenvalue weighted by Gasteiger charge is 2.33. The van der Waals surface area contributed by atoms with E-state index in [0.717, 1.165) is 4.90 Å². The van der Waals surface area contributed by atoms with Crippen molar-refractivity contribution in [1.29, 1.82) is 0 Å². The Bertz CT molecular complexity index is 906. The molecule has 120 valence electrons. The molecule has 1 aliphatic heterocycles. The molecule has 0 aliphatic carbocycles. The largest absolute Gasteiger partial charge is 0.316 e. The smallest absolute Gasteiger partial charge is 0.292 e. The average molecular weight is 325 g/mol. The van der Waals surface area contributed by atoms with Gasteiger partial charge in [0.1, 0.15) is 5.69 Å². The number of amides is 3. The van der Waals surface area contributed by atoms with Crippen LogP contribution in [0.2, 0.25) is 0 Å². The van der Waals surface area contributed by atoms with Crippen LogP contribution in [0.15, 0.2) is 42.5 Å².